The van der Waals surface area contributed by atoms with Gasteiger partial charge >= 0.3 is 5.82 Å². The van der Waals surface area contributed by atoms with E-state index in [0.717, 1.165) is 12.1 Å². The highest BCUT2D eigenvalue weighted by Gasteiger charge is 2.26. The molecule has 1 aromatic carbocycles. The number of hydrogen-bond donors (Lipinski definition) is 2. The summed E-state index contributed by atoms with van der Waals surface area (Å²) >= 11 is 0. The van der Waals surface area contributed by atoms with E-state index >= 15 is 0 Å². The topological polar surface area (TPSA) is 150 Å². The lowest BCUT2D eigenvalue weighted by atomic mass is 10.2. The predicted octanol–water partition coefficient (Wildman–Crippen LogP) is 1.05. The van der Waals surface area contributed by atoms with Gasteiger partial charge in [0.2, 0.25) is 0 Å². The Hall–Kier alpha value is -3.39. The van der Waals surface area contributed by atoms with Crippen molar-refractivity contribution in [2.24, 2.45) is 4.99 Å². The van der Waals surface area contributed by atoms with E-state index in [1.54, 1.807) is 11.5 Å². The van der Waals surface area contributed by atoms with E-state index in [-0.39, 0.29) is 11.3 Å². The summed E-state index contributed by atoms with van der Waals surface area (Å²) in [4.78, 5) is 13.6. The zero-order valence-corrected chi connectivity index (χ0v) is 10.0. The monoisotopic (exact) mass is 292 g/mol. The molecule has 10 nitrogen and oxygen atoms in total. The lowest BCUT2D eigenvalue weighted by Gasteiger charge is -2.01. The van der Waals surface area contributed by atoms with E-state index in [0.29, 0.717) is 0 Å². The second-order valence-electron chi connectivity index (χ2n) is 3.54. The van der Waals surface area contributed by atoms with Crippen LogP contribution in [0.15, 0.2) is 27.8 Å². The number of aliphatic imine (C=N–C) groups is 1. The van der Waals surface area contributed by atoms with Crippen molar-refractivity contribution in [1.82, 2.24) is 15.8 Å². The summed E-state index contributed by atoms with van der Waals surface area (Å²) in [6.07, 6.45) is 0. The normalized spacial score (nSPS) is 11.0. The van der Waals surface area contributed by atoms with Gasteiger partial charge in [0.1, 0.15) is 11.9 Å². The Morgan fingerprint density at radius 2 is 2.33 bits per heavy atom. The first kappa shape index (κ1) is 14.0. The van der Waals surface area contributed by atoms with Crippen LogP contribution >= 0.6 is 0 Å². The van der Waals surface area contributed by atoms with Gasteiger partial charge in [0, 0.05) is 0 Å². The minimum atomic E-state index is -0.885. The predicted molar refractivity (Wildman–Crippen MR) is 63.2 cm³/mol. The molecule has 0 radical (unpaired) electrons. The van der Waals surface area contributed by atoms with Crippen LogP contribution in [0.5, 0.6) is 0 Å². The standard InChI is InChI=1S/C10H5FN6O4/c11-7-2-1-6(3-5(7)4-12)13-9(14-18)8-10(17(19)20)16-21-15-8/h1-3,18H,(H,13,14). The number of rotatable bonds is 3. The largest absolute Gasteiger partial charge is 0.445 e. The minimum Gasteiger partial charge on any atom is -0.358 e. The second kappa shape index (κ2) is 5.72. The van der Waals surface area contributed by atoms with Gasteiger partial charge in [-0.2, -0.15) is 5.26 Å². The van der Waals surface area contributed by atoms with Gasteiger partial charge in [0.15, 0.2) is 11.0 Å². The number of aromatic nitrogens is 2. The Labute approximate surface area is 115 Å². The summed E-state index contributed by atoms with van der Waals surface area (Å²) in [6, 6.07) is 4.89. The molecule has 0 atom stereocenters. The number of halogens is 1. The minimum absolute atomic E-state index is 0.0572. The molecule has 0 bridgehead atoms. The maximum absolute atomic E-state index is 13.2. The smallest absolute Gasteiger partial charge is 0.358 e. The summed E-state index contributed by atoms with van der Waals surface area (Å²) in [6.45, 7) is 0. The van der Waals surface area contributed by atoms with Crippen molar-refractivity contribution in [3.63, 3.8) is 0 Å². The van der Waals surface area contributed by atoms with Gasteiger partial charge in [0.05, 0.1) is 11.3 Å². The van der Waals surface area contributed by atoms with Crippen LogP contribution in [0.3, 0.4) is 0 Å². The number of hydrogen-bond acceptors (Lipinski definition) is 8. The van der Waals surface area contributed by atoms with Crippen molar-refractivity contribution in [2.45, 2.75) is 0 Å². The molecule has 0 aliphatic heterocycles. The molecule has 2 aromatic rings. The van der Waals surface area contributed by atoms with Gasteiger partial charge in [-0.05, 0) is 28.3 Å². The molecule has 11 heteroatoms. The van der Waals surface area contributed by atoms with Crippen molar-refractivity contribution in [1.29, 1.82) is 5.26 Å². The van der Waals surface area contributed by atoms with E-state index in [9.17, 15) is 14.5 Å². The Balaban J connectivity index is 2.48. The summed E-state index contributed by atoms with van der Waals surface area (Å²) in [5.74, 6) is -1.96. The summed E-state index contributed by atoms with van der Waals surface area (Å²) < 4.78 is 17.4. The maximum atomic E-state index is 13.2. The molecule has 0 aliphatic rings. The molecule has 0 saturated heterocycles. The average Bonchev–Trinajstić information content (AvgIpc) is 2.95. The molecule has 0 spiro atoms. The summed E-state index contributed by atoms with van der Waals surface area (Å²) in [5, 5.41) is 34.7. The molecule has 0 amide bonds. The lowest BCUT2D eigenvalue weighted by molar-refractivity contribution is -0.391. The molecule has 0 unspecified atom stereocenters. The van der Waals surface area contributed by atoms with Gasteiger partial charge < -0.3 is 10.1 Å². The lowest BCUT2D eigenvalue weighted by Crippen LogP contribution is -2.21. The summed E-state index contributed by atoms with van der Waals surface area (Å²) in [7, 11) is 0. The molecule has 0 saturated carbocycles. The zero-order chi connectivity index (χ0) is 15.4. The van der Waals surface area contributed by atoms with Crippen molar-refractivity contribution in [3.8, 4) is 6.07 Å². The highest BCUT2D eigenvalue weighted by Crippen LogP contribution is 2.19. The first-order valence-electron chi connectivity index (χ1n) is 5.22. The molecular weight excluding hydrogens is 287 g/mol. The van der Waals surface area contributed by atoms with Crippen LogP contribution in [0.1, 0.15) is 11.3 Å². The Morgan fingerprint density at radius 3 is 2.95 bits per heavy atom. The quantitative estimate of drug-likeness (QED) is 0.368. The van der Waals surface area contributed by atoms with Crippen LogP contribution in [-0.4, -0.2) is 26.3 Å². The van der Waals surface area contributed by atoms with Gasteiger partial charge in [-0.25, -0.2) is 14.9 Å². The molecule has 1 heterocycles. The van der Waals surface area contributed by atoms with Crippen LogP contribution in [0.25, 0.3) is 0 Å². The SMILES string of the molecule is N#Cc1cc(N=C(NO)c2nonc2[N+](=O)[O-])ccc1F. The van der Waals surface area contributed by atoms with Crippen molar-refractivity contribution in [3.05, 3.63) is 45.4 Å². The molecule has 2 N–H and O–H groups in total. The highest BCUT2D eigenvalue weighted by molar-refractivity contribution is 6.00. The van der Waals surface area contributed by atoms with Crippen molar-refractivity contribution in [2.75, 3.05) is 0 Å². The van der Waals surface area contributed by atoms with E-state index < -0.39 is 28.1 Å². The van der Waals surface area contributed by atoms with E-state index in [4.69, 9.17) is 10.5 Å². The molecule has 0 aliphatic carbocycles. The number of nitriles is 1. The third kappa shape index (κ3) is 2.80. The number of nitrogens with zero attached hydrogens (tertiary/aromatic N) is 5. The van der Waals surface area contributed by atoms with Crippen LogP contribution in [-0.2, 0) is 0 Å². The summed E-state index contributed by atoms with van der Waals surface area (Å²) in [5.41, 5.74) is 0.934. The van der Waals surface area contributed by atoms with E-state index in [2.05, 4.69) is 19.9 Å². The Kier molecular flexibility index (Phi) is 3.82. The maximum Gasteiger partial charge on any atom is 0.445 e. The first-order valence-corrected chi connectivity index (χ1v) is 5.22. The second-order valence-corrected chi connectivity index (χ2v) is 3.54. The molecular formula is C10H5FN6O4. The fourth-order valence-electron chi connectivity index (χ4n) is 1.38. The first-order chi connectivity index (χ1) is 10.1. The highest BCUT2D eigenvalue weighted by atomic mass is 19.1. The molecule has 21 heavy (non-hydrogen) atoms. The van der Waals surface area contributed by atoms with E-state index in [1.807, 2.05) is 0 Å². The molecule has 106 valence electrons. The average molecular weight is 292 g/mol. The number of benzene rings is 1. The van der Waals surface area contributed by atoms with Crippen molar-refractivity contribution < 1.29 is 19.2 Å². The molecule has 2 rings (SSSR count). The van der Waals surface area contributed by atoms with Gasteiger partial charge in [0.25, 0.3) is 5.69 Å². The fourth-order valence-corrected chi connectivity index (χ4v) is 1.38. The van der Waals surface area contributed by atoms with Crippen LogP contribution in [0, 0.1) is 27.3 Å². The third-order valence-corrected chi connectivity index (χ3v) is 2.29. The fraction of sp³-hybridized carbons (Fsp3) is 0. The molecule has 0 fully saturated rings. The molecule has 1 aromatic heterocycles. The van der Waals surface area contributed by atoms with Gasteiger partial charge in [-0.15, -0.1) is 4.63 Å². The van der Waals surface area contributed by atoms with Crippen LogP contribution < -0.4 is 5.48 Å². The number of hydroxylamine groups is 1. The zero-order valence-electron chi connectivity index (χ0n) is 10.0. The van der Waals surface area contributed by atoms with E-state index in [1.165, 1.54) is 6.07 Å². The van der Waals surface area contributed by atoms with Crippen LogP contribution in [0.2, 0.25) is 0 Å². The number of nitrogens with one attached hydrogen (secondary N) is 1. The number of nitro groups is 1. The Morgan fingerprint density at radius 1 is 1.57 bits per heavy atom. The Bertz CT molecular complexity index is 765. The number of amidine groups is 1. The van der Waals surface area contributed by atoms with Crippen LogP contribution in [0.4, 0.5) is 15.9 Å². The van der Waals surface area contributed by atoms with Gasteiger partial charge in [-0.1, -0.05) is 0 Å². The third-order valence-electron chi connectivity index (χ3n) is 2.29. The van der Waals surface area contributed by atoms with Gasteiger partial charge in [-0.3, -0.25) is 5.21 Å². The van der Waals surface area contributed by atoms with Crippen molar-refractivity contribution >= 4 is 17.3 Å².